The van der Waals surface area contributed by atoms with Gasteiger partial charge in [0, 0.05) is 20.4 Å². The highest BCUT2D eigenvalue weighted by Crippen LogP contribution is 1.86. The van der Waals surface area contributed by atoms with E-state index in [2.05, 4.69) is 5.32 Å². The summed E-state index contributed by atoms with van der Waals surface area (Å²) >= 11 is 0. The van der Waals surface area contributed by atoms with Gasteiger partial charge in [-0.25, -0.2) is 0 Å². The SMILES string of the molecule is CC(=O)O.CC(=O)O.CNCC(=O)O.O=C(O)CN(CCO)CC(=O)O. The molecule has 13 nitrogen and oxygen atoms in total. The summed E-state index contributed by atoms with van der Waals surface area (Å²) in [5, 5.41) is 50.2. The molecule has 7 N–H and O–H groups in total. The van der Waals surface area contributed by atoms with Crippen molar-refractivity contribution >= 4 is 29.8 Å². The van der Waals surface area contributed by atoms with E-state index in [-0.39, 0.29) is 32.8 Å². The van der Waals surface area contributed by atoms with Crippen LogP contribution in [0.5, 0.6) is 0 Å². The second-order valence-corrected chi connectivity index (χ2v) is 4.18. The minimum absolute atomic E-state index is 0.0417. The Hall–Kier alpha value is -2.77. The van der Waals surface area contributed by atoms with Crippen LogP contribution in [0.2, 0.25) is 0 Å². The van der Waals surface area contributed by atoms with Crippen molar-refractivity contribution in [1.82, 2.24) is 10.2 Å². The number of hydrogen-bond donors (Lipinski definition) is 7. The van der Waals surface area contributed by atoms with Crippen LogP contribution >= 0.6 is 0 Å². The van der Waals surface area contributed by atoms with Crippen LogP contribution < -0.4 is 5.32 Å². The molecule has 0 aliphatic carbocycles. The van der Waals surface area contributed by atoms with Crippen LogP contribution in [0, 0.1) is 0 Å². The Balaban J connectivity index is -0.000000144. The van der Waals surface area contributed by atoms with Gasteiger partial charge < -0.3 is 36.0 Å². The fourth-order valence-electron chi connectivity index (χ4n) is 0.889. The predicted octanol–water partition coefficient (Wildman–Crippen LogP) is -2.08. The monoisotopic (exact) mass is 386 g/mol. The highest BCUT2D eigenvalue weighted by molar-refractivity contribution is 5.72. The first-order valence-electron chi connectivity index (χ1n) is 6.82. The first kappa shape index (κ1) is 31.0. The van der Waals surface area contributed by atoms with Crippen molar-refractivity contribution in [2.75, 3.05) is 39.8 Å². The molecule has 0 aromatic rings. The summed E-state index contributed by atoms with van der Waals surface area (Å²) in [6.07, 6.45) is 0. The van der Waals surface area contributed by atoms with Gasteiger partial charge in [-0.1, -0.05) is 0 Å². The van der Waals surface area contributed by atoms with Crippen molar-refractivity contribution in [2.24, 2.45) is 0 Å². The first-order chi connectivity index (χ1) is 11.8. The van der Waals surface area contributed by atoms with Crippen LogP contribution in [0.3, 0.4) is 0 Å². The Morgan fingerprint density at radius 3 is 1.19 bits per heavy atom. The maximum absolute atomic E-state index is 10.1. The van der Waals surface area contributed by atoms with Crippen LogP contribution in [0.4, 0.5) is 0 Å². The van der Waals surface area contributed by atoms with Gasteiger partial charge in [-0.15, -0.1) is 0 Å². The van der Waals surface area contributed by atoms with Gasteiger partial charge in [0.15, 0.2) is 0 Å². The lowest BCUT2D eigenvalue weighted by molar-refractivity contribution is -0.142. The molecule has 26 heavy (non-hydrogen) atoms. The van der Waals surface area contributed by atoms with Crippen LogP contribution in [-0.4, -0.2) is 105 Å². The summed E-state index contributed by atoms with van der Waals surface area (Å²) in [5.41, 5.74) is 0. The fraction of sp³-hybridized carbons (Fsp3) is 0.615. The number of aliphatic hydroxyl groups excluding tert-OH is 1. The molecular weight excluding hydrogens is 360 g/mol. The third-order valence-electron chi connectivity index (χ3n) is 1.46. The lowest BCUT2D eigenvalue weighted by Crippen LogP contribution is -2.36. The van der Waals surface area contributed by atoms with E-state index in [0.717, 1.165) is 18.7 Å². The molecule has 0 unspecified atom stereocenters. The molecule has 0 fully saturated rings. The maximum atomic E-state index is 10.1. The topological polar surface area (TPSA) is 222 Å². The zero-order valence-electron chi connectivity index (χ0n) is 14.7. The zero-order chi connectivity index (χ0) is 21.7. The molecule has 0 rings (SSSR count). The number of nitrogens with zero attached hydrogens (tertiary/aromatic N) is 1. The summed E-state index contributed by atoms with van der Waals surface area (Å²) in [6, 6.07) is 0. The van der Waals surface area contributed by atoms with Crippen molar-refractivity contribution in [3.05, 3.63) is 0 Å². The van der Waals surface area contributed by atoms with Crippen molar-refractivity contribution in [2.45, 2.75) is 13.8 Å². The molecule has 0 radical (unpaired) electrons. The van der Waals surface area contributed by atoms with Gasteiger partial charge in [0.2, 0.25) is 0 Å². The number of aliphatic carboxylic acids is 5. The van der Waals surface area contributed by atoms with Gasteiger partial charge in [-0.2, -0.15) is 0 Å². The number of aliphatic hydroxyl groups is 1. The molecule has 0 aromatic heterocycles. The smallest absolute Gasteiger partial charge is 0.317 e. The molecule has 13 heteroatoms. The number of hydrogen-bond acceptors (Lipinski definition) is 8. The second kappa shape index (κ2) is 22.2. The molecule has 0 saturated carbocycles. The van der Waals surface area contributed by atoms with Crippen LogP contribution in [0.1, 0.15) is 13.8 Å². The normalized spacial score (nSPS) is 8.50. The molecule has 0 saturated heterocycles. The Labute approximate surface area is 149 Å². The van der Waals surface area contributed by atoms with Crippen molar-refractivity contribution in [3.8, 4) is 0 Å². The number of likely N-dealkylation sites (N-methyl/N-ethyl adjacent to an activating group) is 1. The molecular formula is C13H26N2O11. The number of nitrogens with one attached hydrogen (secondary N) is 1. The van der Waals surface area contributed by atoms with Gasteiger partial charge >= 0.3 is 17.9 Å². The van der Waals surface area contributed by atoms with Gasteiger partial charge in [-0.3, -0.25) is 28.9 Å². The lowest BCUT2D eigenvalue weighted by atomic mass is 10.4. The maximum Gasteiger partial charge on any atom is 0.317 e. The van der Waals surface area contributed by atoms with Crippen LogP contribution in [0.15, 0.2) is 0 Å². The quantitative estimate of drug-likeness (QED) is 0.238. The van der Waals surface area contributed by atoms with Crippen molar-refractivity contribution < 1.29 is 54.6 Å². The number of carboxylic acids is 5. The molecule has 0 aromatic carbocycles. The van der Waals surface area contributed by atoms with E-state index in [1.54, 1.807) is 7.05 Å². The van der Waals surface area contributed by atoms with Crippen LogP contribution in [-0.2, 0) is 24.0 Å². The summed E-state index contributed by atoms with van der Waals surface area (Å²) in [7, 11) is 1.59. The minimum Gasteiger partial charge on any atom is -0.481 e. The predicted molar refractivity (Wildman–Crippen MR) is 87.0 cm³/mol. The summed E-state index contributed by atoms with van der Waals surface area (Å²) < 4.78 is 0. The van der Waals surface area contributed by atoms with Crippen molar-refractivity contribution in [3.63, 3.8) is 0 Å². The first-order valence-corrected chi connectivity index (χ1v) is 6.82. The third kappa shape index (κ3) is 68.9. The van der Waals surface area contributed by atoms with E-state index >= 15 is 0 Å². The Morgan fingerprint density at radius 1 is 0.769 bits per heavy atom. The van der Waals surface area contributed by atoms with Gasteiger partial charge in [-0.05, 0) is 7.05 Å². The lowest BCUT2D eigenvalue weighted by Gasteiger charge is -2.15. The fourth-order valence-corrected chi connectivity index (χ4v) is 0.889. The molecule has 0 heterocycles. The Kier molecular flexibility index (Phi) is 26.5. The molecule has 154 valence electrons. The molecule has 0 aliphatic heterocycles. The zero-order valence-corrected chi connectivity index (χ0v) is 14.7. The highest BCUT2D eigenvalue weighted by atomic mass is 16.4. The largest absolute Gasteiger partial charge is 0.481 e. The van der Waals surface area contributed by atoms with E-state index in [4.69, 9.17) is 40.2 Å². The van der Waals surface area contributed by atoms with E-state index < -0.39 is 29.8 Å². The summed E-state index contributed by atoms with van der Waals surface area (Å²) in [6.45, 7) is 1.28. The summed E-state index contributed by atoms with van der Waals surface area (Å²) in [4.78, 5) is 49.0. The van der Waals surface area contributed by atoms with E-state index in [1.807, 2.05) is 0 Å². The Morgan fingerprint density at radius 2 is 1.08 bits per heavy atom. The van der Waals surface area contributed by atoms with Gasteiger partial charge in [0.1, 0.15) is 0 Å². The van der Waals surface area contributed by atoms with E-state index in [0.29, 0.717) is 0 Å². The molecule has 0 aliphatic rings. The number of rotatable bonds is 8. The van der Waals surface area contributed by atoms with Crippen LogP contribution in [0.25, 0.3) is 0 Å². The van der Waals surface area contributed by atoms with E-state index in [1.165, 1.54) is 0 Å². The van der Waals surface area contributed by atoms with E-state index in [9.17, 15) is 14.4 Å². The number of carboxylic acid groups (broad SMARTS) is 5. The van der Waals surface area contributed by atoms with Crippen molar-refractivity contribution in [1.29, 1.82) is 0 Å². The second-order valence-electron chi connectivity index (χ2n) is 4.18. The van der Waals surface area contributed by atoms with Gasteiger partial charge in [0.25, 0.3) is 11.9 Å². The summed E-state index contributed by atoms with van der Waals surface area (Å²) in [5.74, 6) is -4.70. The standard InChI is InChI=1S/C6H11NO5.C3H7NO2.2C2H4O2/c8-2-1-7(3-5(9)10)4-6(11)12;1-4-2-3(5)6;2*1-2(3)4/h8H,1-4H2,(H,9,10)(H,11,12);4H,2H2,1H3,(H,5,6);2*1H3,(H,3,4). The average molecular weight is 386 g/mol. The number of carbonyl (C=O) groups is 5. The average Bonchev–Trinajstić information content (AvgIpc) is 2.36. The third-order valence-corrected chi connectivity index (χ3v) is 1.46. The molecule has 0 bridgehead atoms. The Bertz CT molecular complexity index is 390. The minimum atomic E-state index is -1.11. The molecule has 0 amide bonds. The van der Waals surface area contributed by atoms with Gasteiger partial charge in [0.05, 0.1) is 26.2 Å². The highest BCUT2D eigenvalue weighted by Gasteiger charge is 2.11. The molecule has 0 spiro atoms. The molecule has 0 atom stereocenters.